The van der Waals surface area contributed by atoms with Gasteiger partial charge in [-0.1, -0.05) is 6.92 Å². The van der Waals surface area contributed by atoms with Crippen molar-refractivity contribution < 1.29 is 14.6 Å². The molecule has 5 unspecified atom stereocenters. The van der Waals surface area contributed by atoms with Gasteiger partial charge in [-0.3, -0.25) is 9.69 Å². The van der Waals surface area contributed by atoms with Gasteiger partial charge in [-0.05, 0) is 39.0 Å². The van der Waals surface area contributed by atoms with Crippen molar-refractivity contribution in [3.8, 4) is 0 Å². The number of carboxylic acids is 1. The molecule has 0 amide bonds. The SMILES string of the molecule is CC1CCC(C(=O)O)C(N2CC(C)OCC2C)C1. The molecule has 1 saturated carbocycles. The number of aliphatic carboxylic acids is 1. The fraction of sp³-hybridized carbons (Fsp3) is 0.929. The molecule has 0 spiro atoms. The van der Waals surface area contributed by atoms with Crippen molar-refractivity contribution >= 4 is 5.97 Å². The van der Waals surface area contributed by atoms with Crippen molar-refractivity contribution in [1.82, 2.24) is 4.90 Å². The van der Waals surface area contributed by atoms with Gasteiger partial charge in [0.05, 0.1) is 18.6 Å². The summed E-state index contributed by atoms with van der Waals surface area (Å²) < 4.78 is 5.64. The molecular weight excluding hydrogens is 230 g/mol. The molecule has 2 fully saturated rings. The lowest BCUT2D eigenvalue weighted by Gasteiger charge is -2.46. The highest BCUT2D eigenvalue weighted by Gasteiger charge is 2.40. The van der Waals surface area contributed by atoms with Gasteiger partial charge in [0.25, 0.3) is 0 Å². The zero-order valence-electron chi connectivity index (χ0n) is 11.6. The van der Waals surface area contributed by atoms with Gasteiger partial charge < -0.3 is 9.84 Å². The van der Waals surface area contributed by atoms with E-state index in [2.05, 4.69) is 25.7 Å². The average Bonchev–Trinajstić information content (AvgIpc) is 2.31. The Labute approximate surface area is 109 Å². The number of hydrogen-bond donors (Lipinski definition) is 1. The monoisotopic (exact) mass is 255 g/mol. The van der Waals surface area contributed by atoms with Gasteiger partial charge in [0.1, 0.15) is 0 Å². The maximum absolute atomic E-state index is 11.4. The van der Waals surface area contributed by atoms with Crippen LogP contribution >= 0.6 is 0 Å². The molecule has 1 heterocycles. The first-order valence-electron chi connectivity index (χ1n) is 7.09. The summed E-state index contributed by atoms with van der Waals surface area (Å²) in [5.74, 6) is -0.192. The van der Waals surface area contributed by atoms with E-state index in [0.717, 1.165) is 32.4 Å². The number of nitrogens with zero attached hydrogens (tertiary/aromatic N) is 1. The summed E-state index contributed by atoms with van der Waals surface area (Å²) in [7, 11) is 0. The van der Waals surface area contributed by atoms with Gasteiger partial charge in [-0.15, -0.1) is 0 Å². The number of morpholine rings is 1. The molecular formula is C14H25NO3. The number of ether oxygens (including phenoxy) is 1. The van der Waals surface area contributed by atoms with Crippen LogP contribution in [0.4, 0.5) is 0 Å². The van der Waals surface area contributed by atoms with E-state index < -0.39 is 5.97 Å². The lowest BCUT2D eigenvalue weighted by Crippen LogP contribution is -2.56. The minimum atomic E-state index is -0.627. The van der Waals surface area contributed by atoms with Crippen LogP contribution < -0.4 is 0 Å². The Hall–Kier alpha value is -0.610. The van der Waals surface area contributed by atoms with E-state index in [9.17, 15) is 9.90 Å². The van der Waals surface area contributed by atoms with Crippen LogP contribution in [0.5, 0.6) is 0 Å². The highest BCUT2D eigenvalue weighted by Crippen LogP contribution is 2.34. The zero-order chi connectivity index (χ0) is 13.3. The molecule has 1 N–H and O–H groups in total. The molecule has 18 heavy (non-hydrogen) atoms. The fourth-order valence-corrected chi connectivity index (χ4v) is 3.40. The topological polar surface area (TPSA) is 49.8 Å². The second-order valence-corrected chi connectivity index (χ2v) is 6.12. The van der Waals surface area contributed by atoms with E-state index >= 15 is 0 Å². The van der Waals surface area contributed by atoms with E-state index in [4.69, 9.17) is 4.74 Å². The van der Waals surface area contributed by atoms with Crippen molar-refractivity contribution in [1.29, 1.82) is 0 Å². The van der Waals surface area contributed by atoms with Crippen molar-refractivity contribution in [3.63, 3.8) is 0 Å². The fourth-order valence-electron chi connectivity index (χ4n) is 3.40. The zero-order valence-corrected chi connectivity index (χ0v) is 11.6. The number of hydrogen-bond acceptors (Lipinski definition) is 3. The van der Waals surface area contributed by atoms with Crippen molar-refractivity contribution in [2.75, 3.05) is 13.2 Å². The number of rotatable bonds is 2. The molecule has 1 aliphatic carbocycles. The highest BCUT2D eigenvalue weighted by atomic mass is 16.5. The van der Waals surface area contributed by atoms with Crippen LogP contribution in [-0.4, -0.2) is 47.3 Å². The van der Waals surface area contributed by atoms with E-state index in [0.29, 0.717) is 12.0 Å². The van der Waals surface area contributed by atoms with Gasteiger partial charge in [0.2, 0.25) is 0 Å². The summed E-state index contributed by atoms with van der Waals surface area (Å²) in [6, 6.07) is 0.519. The molecule has 0 bridgehead atoms. The van der Waals surface area contributed by atoms with E-state index in [1.807, 2.05) is 0 Å². The molecule has 4 heteroatoms. The van der Waals surface area contributed by atoms with Crippen molar-refractivity contribution in [2.45, 2.75) is 58.2 Å². The molecule has 0 aromatic heterocycles. The third kappa shape index (κ3) is 2.86. The van der Waals surface area contributed by atoms with Crippen LogP contribution in [-0.2, 0) is 9.53 Å². The molecule has 104 valence electrons. The first-order chi connectivity index (χ1) is 8.49. The summed E-state index contributed by atoms with van der Waals surface area (Å²) in [4.78, 5) is 13.8. The number of carboxylic acid groups (broad SMARTS) is 1. The van der Waals surface area contributed by atoms with Crippen molar-refractivity contribution in [3.05, 3.63) is 0 Å². The maximum Gasteiger partial charge on any atom is 0.308 e. The summed E-state index contributed by atoms with van der Waals surface area (Å²) in [6.45, 7) is 8.03. The summed E-state index contributed by atoms with van der Waals surface area (Å²) in [5.41, 5.74) is 0. The van der Waals surface area contributed by atoms with Gasteiger partial charge >= 0.3 is 5.97 Å². The Morgan fingerprint density at radius 3 is 2.67 bits per heavy atom. The molecule has 2 aliphatic rings. The second-order valence-electron chi connectivity index (χ2n) is 6.12. The van der Waals surface area contributed by atoms with E-state index in [1.54, 1.807) is 0 Å². The van der Waals surface area contributed by atoms with Crippen LogP contribution in [0.1, 0.15) is 40.0 Å². The van der Waals surface area contributed by atoms with Gasteiger partial charge in [0, 0.05) is 18.6 Å². The van der Waals surface area contributed by atoms with Crippen molar-refractivity contribution in [2.24, 2.45) is 11.8 Å². The van der Waals surface area contributed by atoms with E-state index in [1.165, 1.54) is 0 Å². The first kappa shape index (κ1) is 13.8. The molecule has 1 saturated heterocycles. The molecule has 0 aromatic rings. The van der Waals surface area contributed by atoms with Gasteiger partial charge in [-0.25, -0.2) is 0 Å². The third-order valence-corrected chi connectivity index (χ3v) is 4.48. The highest BCUT2D eigenvalue weighted by molar-refractivity contribution is 5.71. The molecule has 1 aliphatic heterocycles. The Balaban J connectivity index is 2.13. The molecule has 0 radical (unpaired) electrons. The third-order valence-electron chi connectivity index (χ3n) is 4.48. The van der Waals surface area contributed by atoms with E-state index in [-0.39, 0.29) is 18.1 Å². The smallest absolute Gasteiger partial charge is 0.308 e. The lowest BCUT2D eigenvalue weighted by atomic mass is 9.77. The minimum absolute atomic E-state index is 0.188. The normalized spacial score (nSPS) is 42.7. The summed E-state index contributed by atoms with van der Waals surface area (Å²) >= 11 is 0. The second kappa shape index (κ2) is 5.57. The van der Waals surface area contributed by atoms with Crippen LogP contribution in [0, 0.1) is 11.8 Å². The van der Waals surface area contributed by atoms with Crippen LogP contribution in [0.3, 0.4) is 0 Å². The standard InChI is InChI=1S/C14H25NO3/c1-9-4-5-12(14(16)17)13(6-9)15-7-11(3)18-8-10(15)2/h9-13H,4-8H2,1-3H3,(H,16,17). The molecule has 5 atom stereocenters. The number of carbonyl (C=O) groups is 1. The Kier molecular flexibility index (Phi) is 4.28. The molecule has 0 aromatic carbocycles. The quantitative estimate of drug-likeness (QED) is 0.820. The largest absolute Gasteiger partial charge is 0.481 e. The lowest BCUT2D eigenvalue weighted by molar-refractivity contribution is -0.150. The molecule has 4 nitrogen and oxygen atoms in total. The van der Waals surface area contributed by atoms with Crippen LogP contribution in [0.25, 0.3) is 0 Å². The molecule has 2 rings (SSSR count). The average molecular weight is 255 g/mol. The Morgan fingerprint density at radius 1 is 1.28 bits per heavy atom. The minimum Gasteiger partial charge on any atom is -0.481 e. The van der Waals surface area contributed by atoms with Gasteiger partial charge in [-0.2, -0.15) is 0 Å². The predicted octanol–water partition coefficient (Wildman–Crippen LogP) is 1.98. The maximum atomic E-state index is 11.4. The Morgan fingerprint density at radius 2 is 2.00 bits per heavy atom. The summed E-state index contributed by atoms with van der Waals surface area (Å²) in [5, 5.41) is 9.42. The first-order valence-corrected chi connectivity index (χ1v) is 7.09. The van der Waals surface area contributed by atoms with Crippen LogP contribution in [0.2, 0.25) is 0 Å². The Bertz CT molecular complexity index is 307. The van der Waals surface area contributed by atoms with Gasteiger partial charge in [0.15, 0.2) is 0 Å². The van der Waals surface area contributed by atoms with Crippen LogP contribution in [0.15, 0.2) is 0 Å². The predicted molar refractivity (Wildman–Crippen MR) is 69.5 cm³/mol. The summed E-state index contributed by atoms with van der Waals surface area (Å²) in [6.07, 6.45) is 3.09.